The molecule has 18 heavy (non-hydrogen) atoms. The summed E-state index contributed by atoms with van der Waals surface area (Å²) in [4.78, 5) is 15.2. The van der Waals surface area contributed by atoms with Crippen LogP contribution >= 0.6 is 0 Å². The summed E-state index contributed by atoms with van der Waals surface area (Å²) in [5.41, 5.74) is 0.335. The molecular formula is C13H17FN2O2. The lowest BCUT2D eigenvalue weighted by atomic mass is 9.86. The standard InChI is InChI=1S/C13H17FN2O2/c14-12-6-5-10(8-15-12)13(18)16-7-9-3-1-2-4-11(9)17/h5-6,8-9,11,17H,1-4,7H2,(H,16,18). The number of hydrogen-bond acceptors (Lipinski definition) is 3. The molecule has 1 aromatic heterocycles. The van der Waals surface area contributed by atoms with E-state index in [1.54, 1.807) is 0 Å². The van der Waals surface area contributed by atoms with E-state index < -0.39 is 5.95 Å². The van der Waals surface area contributed by atoms with Crippen LogP contribution < -0.4 is 5.32 Å². The zero-order valence-electron chi connectivity index (χ0n) is 10.1. The Bertz CT molecular complexity index is 408. The number of pyridine rings is 1. The molecule has 1 aliphatic carbocycles. The Kier molecular flexibility index (Phi) is 4.25. The van der Waals surface area contributed by atoms with Crippen LogP contribution in [0.3, 0.4) is 0 Å². The summed E-state index contributed by atoms with van der Waals surface area (Å²) in [5.74, 6) is -0.759. The predicted octanol–water partition coefficient (Wildman–Crippen LogP) is 1.50. The highest BCUT2D eigenvalue weighted by Crippen LogP contribution is 2.23. The van der Waals surface area contributed by atoms with Crippen molar-refractivity contribution in [3.05, 3.63) is 29.8 Å². The van der Waals surface area contributed by atoms with Crippen molar-refractivity contribution in [1.82, 2.24) is 10.3 Å². The molecule has 2 unspecified atom stereocenters. The van der Waals surface area contributed by atoms with E-state index in [2.05, 4.69) is 10.3 Å². The molecule has 2 atom stereocenters. The van der Waals surface area contributed by atoms with Crippen LogP contribution in [0.15, 0.2) is 18.3 Å². The van der Waals surface area contributed by atoms with Crippen LogP contribution in [0.2, 0.25) is 0 Å². The molecule has 0 aliphatic heterocycles. The third kappa shape index (κ3) is 3.26. The van der Waals surface area contributed by atoms with Gasteiger partial charge in [-0.1, -0.05) is 12.8 Å². The van der Waals surface area contributed by atoms with Crippen molar-refractivity contribution in [2.75, 3.05) is 6.54 Å². The monoisotopic (exact) mass is 252 g/mol. The quantitative estimate of drug-likeness (QED) is 0.801. The van der Waals surface area contributed by atoms with Gasteiger partial charge in [-0.15, -0.1) is 0 Å². The number of carbonyl (C=O) groups excluding carboxylic acids is 1. The normalized spacial score (nSPS) is 23.7. The Morgan fingerprint density at radius 3 is 2.89 bits per heavy atom. The van der Waals surface area contributed by atoms with Crippen LogP contribution in [0.25, 0.3) is 0 Å². The van der Waals surface area contributed by atoms with Crippen molar-refractivity contribution in [2.24, 2.45) is 5.92 Å². The van der Waals surface area contributed by atoms with Crippen LogP contribution in [0.5, 0.6) is 0 Å². The van der Waals surface area contributed by atoms with Crippen LogP contribution in [0.4, 0.5) is 4.39 Å². The fraction of sp³-hybridized carbons (Fsp3) is 0.538. The van der Waals surface area contributed by atoms with Gasteiger partial charge in [-0.3, -0.25) is 4.79 Å². The molecule has 1 saturated carbocycles. The molecule has 4 nitrogen and oxygen atoms in total. The molecule has 1 aliphatic rings. The van der Waals surface area contributed by atoms with Crippen molar-refractivity contribution < 1.29 is 14.3 Å². The van der Waals surface area contributed by atoms with Crippen molar-refractivity contribution in [2.45, 2.75) is 31.8 Å². The summed E-state index contributed by atoms with van der Waals surface area (Å²) in [6, 6.07) is 2.55. The van der Waals surface area contributed by atoms with E-state index in [0.29, 0.717) is 12.1 Å². The topological polar surface area (TPSA) is 62.2 Å². The van der Waals surface area contributed by atoms with Crippen LogP contribution in [0.1, 0.15) is 36.0 Å². The molecule has 2 rings (SSSR count). The van der Waals surface area contributed by atoms with Crippen LogP contribution in [-0.4, -0.2) is 28.6 Å². The number of hydrogen-bond donors (Lipinski definition) is 2. The first-order valence-electron chi connectivity index (χ1n) is 6.24. The van der Waals surface area contributed by atoms with Crippen LogP contribution in [0, 0.1) is 11.9 Å². The molecule has 1 heterocycles. The third-order valence-corrected chi connectivity index (χ3v) is 3.38. The molecule has 5 heteroatoms. The zero-order chi connectivity index (χ0) is 13.0. The lowest BCUT2D eigenvalue weighted by Gasteiger charge is -2.27. The fourth-order valence-electron chi connectivity index (χ4n) is 2.26. The number of amides is 1. The lowest BCUT2D eigenvalue weighted by Crippen LogP contribution is -2.36. The van der Waals surface area contributed by atoms with E-state index >= 15 is 0 Å². The van der Waals surface area contributed by atoms with E-state index in [1.807, 2.05) is 0 Å². The number of aliphatic hydroxyl groups excluding tert-OH is 1. The average Bonchev–Trinajstić information content (AvgIpc) is 2.38. The van der Waals surface area contributed by atoms with Gasteiger partial charge in [-0.05, 0) is 25.0 Å². The minimum atomic E-state index is -0.603. The molecule has 2 N–H and O–H groups in total. The number of aliphatic hydroxyl groups is 1. The maximum Gasteiger partial charge on any atom is 0.252 e. The molecule has 0 aromatic carbocycles. The number of nitrogens with zero attached hydrogens (tertiary/aromatic N) is 1. The number of carbonyl (C=O) groups is 1. The van der Waals surface area contributed by atoms with Crippen molar-refractivity contribution >= 4 is 5.91 Å². The molecule has 0 spiro atoms. The smallest absolute Gasteiger partial charge is 0.252 e. The Hall–Kier alpha value is -1.49. The Labute approximate surface area is 105 Å². The van der Waals surface area contributed by atoms with Gasteiger partial charge in [0, 0.05) is 18.7 Å². The summed E-state index contributed by atoms with van der Waals surface area (Å²) in [6.45, 7) is 0.456. The highest BCUT2D eigenvalue weighted by Gasteiger charge is 2.23. The second kappa shape index (κ2) is 5.91. The minimum Gasteiger partial charge on any atom is -0.393 e. The minimum absolute atomic E-state index is 0.121. The van der Waals surface area contributed by atoms with Crippen molar-refractivity contribution in [3.63, 3.8) is 0 Å². The van der Waals surface area contributed by atoms with Gasteiger partial charge in [0.15, 0.2) is 0 Å². The summed E-state index contributed by atoms with van der Waals surface area (Å²) in [6.07, 6.45) is 4.76. The van der Waals surface area contributed by atoms with E-state index in [1.165, 1.54) is 12.3 Å². The predicted molar refractivity (Wildman–Crippen MR) is 64.5 cm³/mol. The van der Waals surface area contributed by atoms with Crippen molar-refractivity contribution in [1.29, 1.82) is 0 Å². The average molecular weight is 252 g/mol. The summed E-state index contributed by atoms with van der Waals surface area (Å²) in [5, 5.41) is 12.5. The zero-order valence-corrected chi connectivity index (χ0v) is 10.1. The lowest BCUT2D eigenvalue weighted by molar-refractivity contribution is 0.0663. The Morgan fingerprint density at radius 2 is 2.22 bits per heavy atom. The summed E-state index contributed by atoms with van der Waals surface area (Å²) >= 11 is 0. The van der Waals surface area contributed by atoms with E-state index in [9.17, 15) is 14.3 Å². The van der Waals surface area contributed by atoms with Gasteiger partial charge < -0.3 is 10.4 Å². The Morgan fingerprint density at radius 1 is 1.44 bits per heavy atom. The molecule has 98 valence electrons. The molecular weight excluding hydrogens is 235 g/mol. The number of nitrogens with one attached hydrogen (secondary N) is 1. The second-order valence-electron chi connectivity index (χ2n) is 4.69. The molecule has 0 saturated heterocycles. The fourth-order valence-corrected chi connectivity index (χ4v) is 2.26. The number of halogens is 1. The van der Waals surface area contributed by atoms with Crippen molar-refractivity contribution in [3.8, 4) is 0 Å². The van der Waals surface area contributed by atoms with E-state index in [-0.39, 0.29) is 17.9 Å². The van der Waals surface area contributed by atoms with E-state index in [4.69, 9.17) is 0 Å². The molecule has 0 bridgehead atoms. The maximum absolute atomic E-state index is 12.6. The van der Waals surface area contributed by atoms with Gasteiger partial charge in [0.25, 0.3) is 5.91 Å². The molecule has 1 fully saturated rings. The second-order valence-corrected chi connectivity index (χ2v) is 4.69. The highest BCUT2D eigenvalue weighted by atomic mass is 19.1. The highest BCUT2D eigenvalue weighted by molar-refractivity contribution is 5.93. The first kappa shape index (κ1) is 13.0. The van der Waals surface area contributed by atoms with Gasteiger partial charge in [0.05, 0.1) is 11.7 Å². The van der Waals surface area contributed by atoms with Gasteiger partial charge in [-0.25, -0.2) is 4.98 Å². The molecule has 1 amide bonds. The summed E-state index contributed by atoms with van der Waals surface area (Å²) in [7, 11) is 0. The Balaban J connectivity index is 1.86. The summed E-state index contributed by atoms with van der Waals surface area (Å²) < 4.78 is 12.6. The SMILES string of the molecule is O=C(NCC1CCCCC1O)c1ccc(F)nc1. The first-order chi connectivity index (χ1) is 8.66. The van der Waals surface area contributed by atoms with Gasteiger partial charge >= 0.3 is 0 Å². The van der Waals surface area contributed by atoms with Gasteiger partial charge in [0.1, 0.15) is 0 Å². The van der Waals surface area contributed by atoms with Gasteiger partial charge in [0.2, 0.25) is 5.95 Å². The van der Waals surface area contributed by atoms with E-state index in [0.717, 1.165) is 31.7 Å². The molecule has 0 radical (unpaired) electrons. The number of aromatic nitrogens is 1. The molecule has 1 aromatic rings. The number of rotatable bonds is 3. The largest absolute Gasteiger partial charge is 0.393 e. The third-order valence-electron chi connectivity index (χ3n) is 3.38. The first-order valence-corrected chi connectivity index (χ1v) is 6.24. The maximum atomic E-state index is 12.6. The van der Waals surface area contributed by atoms with Gasteiger partial charge in [-0.2, -0.15) is 4.39 Å². The van der Waals surface area contributed by atoms with Crippen LogP contribution in [-0.2, 0) is 0 Å².